The average molecular weight is 1090 g/mol. The molecule has 18 heteroatoms. The molecule has 7 rings (SSSR count). The molecule has 414 valence electrons. The minimum Gasteiger partial charge on any atom is -0.494 e. The van der Waals surface area contributed by atoms with E-state index in [1.54, 1.807) is 66.7 Å². The molecule has 2 saturated carbocycles. The largest absolute Gasteiger partial charge is 0.494 e. The van der Waals surface area contributed by atoms with Crippen molar-refractivity contribution in [1.29, 1.82) is 0 Å². The predicted octanol–water partition coefficient (Wildman–Crippen LogP) is 11.4. The number of hydrogen-bond acceptors (Lipinski definition) is 18. The summed E-state index contributed by atoms with van der Waals surface area (Å²) in [6.07, 6.45) is 12.9. The first-order chi connectivity index (χ1) is 38.0. The maximum Gasteiger partial charge on any atom is 0.330 e. The molecule has 0 atom stereocenters. The second-order valence-electron chi connectivity index (χ2n) is 19.2. The summed E-state index contributed by atoms with van der Waals surface area (Å²) in [6.45, 7) is 8.76. The molecule has 0 aliphatic heterocycles. The standard InChI is InChI=1S/C60H69N3O14S/c1-3-54(64)72-37-13-7-5-11-35-70-46-25-29-48(30-26-46)74-56(66)41-17-19-43(20-18-41)58(68)76-50-33-34-52(45(39-50)40-61-63-60-62-51-15-9-10-16-53(51)78-60)77-59(69)44-23-21-42(22-24-44)57(67)75-49-31-27-47(28-32-49)71-36-12-6-8-14-38-73-55(65)4-2/h3-4,9-10,15-16,25-34,39,41-44,61H,1-2,5-8,11-14,17-24,35-38,40H2,(H,62,63)/t41-,42-,43-,44-. The summed E-state index contributed by atoms with van der Waals surface area (Å²) >= 11 is 1.48. The summed E-state index contributed by atoms with van der Waals surface area (Å²) in [4.78, 5) is 80.5. The van der Waals surface area contributed by atoms with Crippen LogP contribution in [0.5, 0.6) is 34.5 Å². The van der Waals surface area contributed by atoms with Gasteiger partial charge < -0.3 is 37.9 Å². The van der Waals surface area contributed by atoms with Crippen LogP contribution in [0.4, 0.5) is 5.13 Å². The second kappa shape index (κ2) is 31.0. The summed E-state index contributed by atoms with van der Waals surface area (Å²) in [5.41, 5.74) is 7.71. The van der Waals surface area contributed by atoms with Crippen molar-refractivity contribution in [1.82, 2.24) is 10.4 Å². The second-order valence-corrected chi connectivity index (χ2v) is 20.3. The lowest BCUT2D eigenvalue weighted by atomic mass is 9.82. The molecule has 2 aliphatic rings. The highest BCUT2D eigenvalue weighted by molar-refractivity contribution is 7.22. The zero-order chi connectivity index (χ0) is 54.9. The van der Waals surface area contributed by atoms with Gasteiger partial charge in [-0.1, -0.05) is 36.6 Å². The fraction of sp³-hybridized carbons (Fsp3) is 0.417. The summed E-state index contributed by atoms with van der Waals surface area (Å²) in [5, 5.41) is 0.643. The molecule has 0 amide bonds. The van der Waals surface area contributed by atoms with Crippen LogP contribution in [0, 0.1) is 23.7 Å². The fourth-order valence-corrected chi connectivity index (χ4v) is 9.92. The van der Waals surface area contributed by atoms with Crippen molar-refractivity contribution in [2.24, 2.45) is 23.7 Å². The molecule has 0 bridgehead atoms. The number of ether oxygens (including phenoxy) is 8. The van der Waals surface area contributed by atoms with Gasteiger partial charge in [-0.25, -0.2) is 20.0 Å². The molecule has 0 unspecified atom stereocenters. The van der Waals surface area contributed by atoms with Crippen LogP contribution < -0.4 is 39.3 Å². The topological polar surface area (TPSA) is 213 Å². The first-order valence-electron chi connectivity index (χ1n) is 26.9. The van der Waals surface area contributed by atoms with Gasteiger partial charge in [0, 0.05) is 24.3 Å². The molecule has 4 aromatic carbocycles. The van der Waals surface area contributed by atoms with E-state index in [1.165, 1.54) is 11.3 Å². The van der Waals surface area contributed by atoms with Gasteiger partial charge in [0.05, 0.1) is 60.3 Å². The van der Waals surface area contributed by atoms with Crippen LogP contribution in [-0.4, -0.2) is 67.2 Å². The van der Waals surface area contributed by atoms with Gasteiger partial charge in [-0.05, 0) is 182 Å². The average Bonchev–Trinajstić information content (AvgIpc) is 3.90. The molecular weight excluding hydrogens is 1020 g/mol. The Morgan fingerprint density at radius 3 is 1.37 bits per heavy atom. The molecule has 0 radical (unpaired) electrons. The molecule has 0 saturated heterocycles. The van der Waals surface area contributed by atoms with Crippen molar-refractivity contribution >= 4 is 62.5 Å². The van der Waals surface area contributed by atoms with E-state index >= 15 is 0 Å². The molecule has 5 aromatic rings. The van der Waals surface area contributed by atoms with Gasteiger partial charge in [0.25, 0.3) is 0 Å². The van der Waals surface area contributed by atoms with Crippen LogP contribution in [0.3, 0.4) is 0 Å². The minimum absolute atomic E-state index is 0.176. The predicted molar refractivity (Wildman–Crippen MR) is 293 cm³/mol. The molecule has 1 heterocycles. The molecule has 78 heavy (non-hydrogen) atoms. The third kappa shape index (κ3) is 18.9. The van der Waals surface area contributed by atoms with Crippen molar-refractivity contribution in [3.63, 3.8) is 0 Å². The Morgan fingerprint density at radius 1 is 0.500 bits per heavy atom. The van der Waals surface area contributed by atoms with Crippen LogP contribution in [0.2, 0.25) is 0 Å². The first kappa shape index (κ1) is 58.1. The zero-order valence-corrected chi connectivity index (χ0v) is 44.8. The fourth-order valence-electron chi connectivity index (χ4n) is 9.08. The quantitative estimate of drug-likeness (QED) is 0.0144. The van der Waals surface area contributed by atoms with Gasteiger partial charge in [-0.15, -0.1) is 0 Å². The number of esters is 6. The third-order valence-corrected chi connectivity index (χ3v) is 14.5. The number of hydrogen-bond donors (Lipinski definition) is 2. The van der Waals surface area contributed by atoms with Crippen molar-refractivity contribution in [2.45, 2.75) is 109 Å². The van der Waals surface area contributed by atoms with Crippen molar-refractivity contribution < 1.29 is 66.7 Å². The summed E-state index contributed by atoms with van der Waals surface area (Å²) < 4.78 is 46.0. The van der Waals surface area contributed by atoms with E-state index in [1.807, 2.05) is 24.3 Å². The number of anilines is 1. The lowest BCUT2D eigenvalue weighted by Gasteiger charge is -2.26. The number of thiazole rings is 1. The van der Waals surface area contributed by atoms with E-state index in [9.17, 15) is 28.8 Å². The van der Waals surface area contributed by atoms with E-state index in [0.29, 0.717) is 117 Å². The lowest BCUT2D eigenvalue weighted by Crippen LogP contribution is -2.31. The van der Waals surface area contributed by atoms with Gasteiger partial charge in [-0.2, -0.15) is 0 Å². The van der Waals surface area contributed by atoms with Gasteiger partial charge in [0.1, 0.15) is 34.5 Å². The van der Waals surface area contributed by atoms with Crippen molar-refractivity contribution in [2.75, 3.05) is 31.9 Å². The van der Waals surface area contributed by atoms with Crippen LogP contribution in [-0.2, 0) is 44.8 Å². The van der Waals surface area contributed by atoms with Gasteiger partial charge in [0.2, 0.25) is 0 Å². The zero-order valence-electron chi connectivity index (χ0n) is 44.0. The number of fused-ring (bicyclic) bond motifs is 1. The van der Waals surface area contributed by atoms with Gasteiger partial charge in [-0.3, -0.25) is 24.6 Å². The summed E-state index contributed by atoms with van der Waals surface area (Å²) in [6, 6.07) is 26.5. The Morgan fingerprint density at radius 2 is 0.910 bits per heavy atom. The molecule has 0 spiro atoms. The number of para-hydroxylation sites is 1. The minimum atomic E-state index is -0.436. The number of carbonyl (C=O) groups excluding carboxylic acids is 6. The number of nitrogens with zero attached hydrogens (tertiary/aromatic N) is 1. The Balaban J connectivity index is 0.844. The van der Waals surface area contributed by atoms with Crippen molar-refractivity contribution in [3.05, 3.63) is 122 Å². The van der Waals surface area contributed by atoms with E-state index in [-0.39, 0.29) is 36.1 Å². The van der Waals surface area contributed by atoms with E-state index in [2.05, 4.69) is 29.0 Å². The smallest absolute Gasteiger partial charge is 0.330 e. The highest BCUT2D eigenvalue weighted by Gasteiger charge is 2.34. The number of hydrazine groups is 1. The number of carbonyl (C=O) groups is 6. The van der Waals surface area contributed by atoms with Crippen LogP contribution in [0.15, 0.2) is 116 Å². The molecular formula is C60H69N3O14S. The molecule has 2 aliphatic carbocycles. The Labute approximate surface area is 458 Å². The number of benzene rings is 4. The summed E-state index contributed by atoms with van der Waals surface area (Å²) in [5.74, 6) is -1.21. The van der Waals surface area contributed by atoms with Gasteiger partial charge in [0.15, 0.2) is 5.13 Å². The lowest BCUT2D eigenvalue weighted by molar-refractivity contribution is -0.145. The first-order valence-corrected chi connectivity index (χ1v) is 27.7. The Bertz CT molecular complexity index is 2750. The van der Waals surface area contributed by atoms with Crippen LogP contribution in [0.25, 0.3) is 10.2 Å². The SMILES string of the molecule is C=CC(=O)OCCCCCCOc1ccc(OC(=O)[C@H]2CC[C@H](C(=O)Oc3ccc(OC(=O)[C@H]4CC[C@H](C(=O)Oc5ccc(OCCCCCCOC(=O)C=C)cc5)CC4)c(CNNc4nc5ccccc5s4)c3)CC2)cc1. The maximum atomic E-state index is 13.7. The monoisotopic (exact) mass is 1090 g/mol. The molecule has 2 N–H and O–H groups in total. The highest BCUT2D eigenvalue weighted by Crippen LogP contribution is 2.35. The molecule has 1 aromatic heterocycles. The van der Waals surface area contributed by atoms with E-state index in [0.717, 1.165) is 73.7 Å². The van der Waals surface area contributed by atoms with E-state index < -0.39 is 35.7 Å². The number of rotatable bonds is 30. The summed E-state index contributed by atoms with van der Waals surface area (Å²) in [7, 11) is 0. The van der Waals surface area contributed by atoms with Gasteiger partial charge >= 0.3 is 35.8 Å². The van der Waals surface area contributed by atoms with Crippen LogP contribution >= 0.6 is 11.3 Å². The maximum absolute atomic E-state index is 13.7. The normalized spacial score (nSPS) is 16.9. The van der Waals surface area contributed by atoms with E-state index in [4.69, 9.17) is 37.9 Å². The Hall–Kier alpha value is -7.57. The number of aromatic nitrogens is 1. The number of nitrogens with one attached hydrogen (secondary N) is 2. The highest BCUT2D eigenvalue weighted by atomic mass is 32.1. The van der Waals surface area contributed by atoms with Crippen molar-refractivity contribution in [3.8, 4) is 34.5 Å². The Kier molecular flexibility index (Phi) is 23.1. The molecule has 2 fully saturated rings. The molecule has 17 nitrogen and oxygen atoms in total. The third-order valence-electron chi connectivity index (χ3n) is 13.5. The van der Waals surface area contributed by atoms with Crippen LogP contribution in [0.1, 0.15) is 108 Å². The number of unbranched alkanes of at least 4 members (excludes halogenated alkanes) is 6.